The molecule has 0 spiro atoms. The van der Waals surface area contributed by atoms with Crippen LogP contribution in [0.3, 0.4) is 0 Å². The smallest absolute Gasteiger partial charge is 0.224 e. The molecule has 29 heavy (non-hydrogen) atoms. The molecular formula is C21H19FN6O. The maximum Gasteiger partial charge on any atom is 0.224 e. The Morgan fingerprint density at radius 2 is 1.76 bits per heavy atom. The van der Waals surface area contributed by atoms with E-state index in [2.05, 4.69) is 25.9 Å². The molecular weight excluding hydrogens is 371 g/mol. The van der Waals surface area contributed by atoms with Crippen LogP contribution in [0.2, 0.25) is 0 Å². The van der Waals surface area contributed by atoms with Gasteiger partial charge in [0.2, 0.25) is 5.91 Å². The molecule has 4 aromatic rings. The normalized spacial score (nSPS) is 10.8. The highest BCUT2D eigenvalue weighted by Crippen LogP contribution is 2.12. The number of hydrogen-bond donors (Lipinski definition) is 2. The Balaban J connectivity index is 1.39. The van der Waals surface area contributed by atoms with Crippen molar-refractivity contribution in [2.24, 2.45) is 0 Å². The number of benzene rings is 2. The fourth-order valence-corrected chi connectivity index (χ4v) is 2.85. The SMILES string of the molecule is O=C(CCc1nnc2ccc(NCc3ccccc3)nn12)Nc1ccc(F)cc1. The maximum absolute atomic E-state index is 12.9. The maximum atomic E-state index is 12.9. The molecule has 0 saturated heterocycles. The van der Waals surface area contributed by atoms with Crippen LogP contribution >= 0.6 is 0 Å². The highest BCUT2D eigenvalue weighted by Gasteiger charge is 2.11. The van der Waals surface area contributed by atoms with E-state index in [4.69, 9.17) is 0 Å². The molecule has 146 valence electrons. The van der Waals surface area contributed by atoms with Gasteiger partial charge in [-0.25, -0.2) is 4.39 Å². The van der Waals surface area contributed by atoms with Crippen molar-refractivity contribution >= 4 is 23.1 Å². The number of halogens is 1. The van der Waals surface area contributed by atoms with E-state index in [1.165, 1.54) is 24.3 Å². The summed E-state index contributed by atoms with van der Waals surface area (Å²) in [6.45, 7) is 0.650. The molecule has 0 radical (unpaired) electrons. The number of anilines is 2. The largest absolute Gasteiger partial charge is 0.365 e. The number of fused-ring (bicyclic) bond motifs is 1. The van der Waals surface area contributed by atoms with Crippen molar-refractivity contribution < 1.29 is 9.18 Å². The van der Waals surface area contributed by atoms with Crippen LogP contribution in [0.4, 0.5) is 15.9 Å². The second kappa shape index (κ2) is 8.47. The van der Waals surface area contributed by atoms with Crippen molar-refractivity contribution in [2.45, 2.75) is 19.4 Å². The molecule has 2 aromatic heterocycles. The van der Waals surface area contributed by atoms with Gasteiger partial charge in [0.1, 0.15) is 11.6 Å². The average molecular weight is 390 g/mol. The molecule has 4 rings (SSSR count). The standard InChI is InChI=1S/C21H19FN6O/c22-16-6-8-17(9-7-16)24-21(29)13-12-20-26-25-19-11-10-18(27-28(19)20)23-14-15-4-2-1-3-5-15/h1-11H,12-14H2,(H,23,27)(H,24,29). The Labute approximate surface area is 166 Å². The van der Waals surface area contributed by atoms with Crippen molar-refractivity contribution in [1.29, 1.82) is 0 Å². The number of carbonyl (C=O) groups is 1. The van der Waals surface area contributed by atoms with E-state index in [-0.39, 0.29) is 18.1 Å². The number of amides is 1. The molecule has 0 bridgehead atoms. The van der Waals surface area contributed by atoms with Crippen LogP contribution < -0.4 is 10.6 Å². The van der Waals surface area contributed by atoms with Crippen LogP contribution in [0.15, 0.2) is 66.7 Å². The summed E-state index contributed by atoms with van der Waals surface area (Å²) in [6.07, 6.45) is 0.588. The minimum atomic E-state index is -0.347. The summed E-state index contributed by atoms with van der Waals surface area (Å²) >= 11 is 0. The molecule has 0 aliphatic rings. The molecule has 0 atom stereocenters. The molecule has 7 nitrogen and oxygen atoms in total. The predicted octanol–water partition coefficient (Wildman–Crippen LogP) is 3.45. The zero-order valence-electron chi connectivity index (χ0n) is 15.5. The fourth-order valence-electron chi connectivity index (χ4n) is 2.85. The first kappa shape index (κ1) is 18.5. The third-order valence-corrected chi connectivity index (χ3v) is 4.35. The van der Waals surface area contributed by atoms with Crippen LogP contribution in [0, 0.1) is 5.82 Å². The first-order valence-electron chi connectivity index (χ1n) is 9.22. The predicted molar refractivity (Wildman–Crippen MR) is 108 cm³/mol. The molecule has 0 fully saturated rings. The minimum Gasteiger partial charge on any atom is -0.365 e. The second-order valence-electron chi connectivity index (χ2n) is 6.50. The zero-order valence-corrected chi connectivity index (χ0v) is 15.5. The van der Waals surface area contributed by atoms with E-state index in [0.29, 0.717) is 35.9 Å². The summed E-state index contributed by atoms with van der Waals surface area (Å²) in [5.41, 5.74) is 2.31. The molecule has 8 heteroatoms. The topological polar surface area (TPSA) is 84.2 Å². The summed E-state index contributed by atoms with van der Waals surface area (Å²) in [7, 11) is 0. The van der Waals surface area contributed by atoms with Crippen molar-refractivity contribution in [3.8, 4) is 0 Å². The minimum absolute atomic E-state index is 0.188. The Morgan fingerprint density at radius 1 is 0.966 bits per heavy atom. The van der Waals surface area contributed by atoms with E-state index in [1.54, 1.807) is 4.52 Å². The number of hydrogen-bond acceptors (Lipinski definition) is 5. The van der Waals surface area contributed by atoms with Crippen molar-refractivity contribution in [3.63, 3.8) is 0 Å². The summed E-state index contributed by atoms with van der Waals surface area (Å²) in [6, 6.07) is 19.3. The van der Waals surface area contributed by atoms with Crippen LogP contribution in [0.1, 0.15) is 17.8 Å². The number of nitrogens with one attached hydrogen (secondary N) is 2. The van der Waals surface area contributed by atoms with Gasteiger partial charge in [0.25, 0.3) is 0 Å². The highest BCUT2D eigenvalue weighted by molar-refractivity contribution is 5.90. The van der Waals surface area contributed by atoms with Crippen molar-refractivity contribution in [1.82, 2.24) is 19.8 Å². The van der Waals surface area contributed by atoms with Crippen molar-refractivity contribution in [3.05, 3.63) is 83.9 Å². The lowest BCUT2D eigenvalue weighted by Gasteiger charge is -2.07. The molecule has 2 heterocycles. The first-order valence-corrected chi connectivity index (χ1v) is 9.22. The molecule has 2 N–H and O–H groups in total. The van der Waals surface area contributed by atoms with E-state index in [9.17, 15) is 9.18 Å². The van der Waals surface area contributed by atoms with Gasteiger partial charge < -0.3 is 10.6 Å². The molecule has 2 aromatic carbocycles. The lowest BCUT2D eigenvalue weighted by Crippen LogP contribution is -2.13. The summed E-state index contributed by atoms with van der Waals surface area (Å²) in [5.74, 6) is 0.753. The highest BCUT2D eigenvalue weighted by atomic mass is 19.1. The van der Waals surface area contributed by atoms with Crippen LogP contribution in [-0.4, -0.2) is 25.7 Å². The van der Waals surface area contributed by atoms with E-state index >= 15 is 0 Å². The Hall–Kier alpha value is -3.81. The zero-order chi connectivity index (χ0) is 20.1. The van der Waals surface area contributed by atoms with Gasteiger partial charge >= 0.3 is 0 Å². The summed E-state index contributed by atoms with van der Waals surface area (Å²) in [4.78, 5) is 12.2. The molecule has 0 saturated carbocycles. The number of carbonyl (C=O) groups excluding carboxylic acids is 1. The molecule has 1 amide bonds. The Kier molecular flexibility index (Phi) is 5.42. The molecule has 0 aliphatic heterocycles. The van der Waals surface area contributed by atoms with Gasteiger partial charge in [-0.15, -0.1) is 15.3 Å². The quantitative estimate of drug-likeness (QED) is 0.505. The van der Waals surface area contributed by atoms with Gasteiger partial charge in [0.15, 0.2) is 11.5 Å². The first-order chi connectivity index (χ1) is 14.2. The van der Waals surface area contributed by atoms with Crippen LogP contribution in [-0.2, 0) is 17.8 Å². The van der Waals surface area contributed by atoms with Gasteiger partial charge in [-0.1, -0.05) is 30.3 Å². The van der Waals surface area contributed by atoms with Gasteiger partial charge in [-0.3, -0.25) is 4.79 Å². The summed E-state index contributed by atoms with van der Waals surface area (Å²) in [5, 5.41) is 18.8. The summed E-state index contributed by atoms with van der Waals surface area (Å²) < 4.78 is 14.6. The number of rotatable bonds is 7. The van der Waals surface area contributed by atoms with Gasteiger partial charge in [-0.2, -0.15) is 4.52 Å². The average Bonchev–Trinajstić information content (AvgIpc) is 3.15. The lowest BCUT2D eigenvalue weighted by molar-refractivity contribution is -0.116. The number of aryl methyl sites for hydroxylation is 1. The number of aromatic nitrogens is 4. The Bertz CT molecular complexity index is 1110. The monoisotopic (exact) mass is 390 g/mol. The van der Waals surface area contributed by atoms with Crippen LogP contribution in [0.25, 0.3) is 5.65 Å². The Morgan fingerprint density at radius 3 is 2.55 bits per heavy atom. The lowest BCUT2D eigenvalue weighted by atomic mass is 10.2. The molecule has 0 aliphatic carbocycles. The number of nitrogens with zero attached hydrogens (tertiary/aromatic N) is 4. The van der Waals surface area contributed by atoms with Gasteiger partial charge in [-0.05, 0) is 42.0 Å². The second-order valence-corrected chi connectivity index (χ2v) is 6.50. The van der Waals surface area contributed by atoms with E-state index in [0.717, 1.165) is 5.56 Å². The third-order valence-electron chi connectivity index (χ3n) is 4.35. The van der Waals surface area contributed by atoms with E-state index < -0.39 is 0 Å². The van der Waals surface area contributed by atoms with Crippen molar-refractivity contribution in [2.75, 3.05) is 10.6 Å². The van der Waals surface area contributed by atoms with Crippen LogP contribution in [0.5, 0.6) is 0 Å². The van der Waals surface area contributed by atoms with E-state index in [1.807, 2.05) is 42.5 Å². The third kappa shape index (κ3) is 4.73. The fraction of sp³-hybridized carbons (Fsp3) is 0.143. The van der Waals surface area contributed by atoms with Gasteiger partial charge in [0.05, 0.1) is 0 Å². The van der Waals surface area contributed by atoms with Gasteiger partial charge in [0, 0.05) is 25.1 Å². The molecule has 0 unspecified atom stereocenters.